The van der Waals surface area contributed by atoms with Crippen molar-refractivity contribution in [2.24, 2.45) is 0 Å². The molecule has 0 radical (unpaired) electrons. The van der Waals surface area contributed by atoms with E-state index in [-0.39, 0.29) is 12.1 Å². The maximum atomic E-state index is 12.5. The molecule has 0 aromatic heterocycles. The molecule has 0 unspecified atom stereocenters. The number of rotatable bonds is 5. The third kappa shape index (κ3) is 5.64. The fraction of sp³-hybridized carbons (Fsp3) is 0.318. The highest BCUT2D eigenvalue weighted by Crippen LogP contribution is 2.19. The fourth-order valence-corrected chi connectivity index (χ4v) is 3.07. The Morgan fingerprint density at radius 1 is 1.07 bits per heavy atom. The van der Waals surface area contributed by atoms with Gasteiger partial charge in [-0.25, -0.2) is 9.59 Å². The molecule has 3 amide bonds. The van der Waals surface area contributed by atoms with E-state index in [0.29, 0.717) is 56.4 Å². The molecule has 0 bridgehead atoms. The summed E-state index contributed by atoms with van der Waals surface area (Å²) in [6.07, 6.45) is -0.345. The Bertz CT molecular complexity index is 933. The Balaban J connectivity index is 1.52. The molecule has 1 heterocycles. The van der Waals surface area contributed by atoms with Crippen molar-refractivity contribution < 1.29 is 19.1 Å². The molecule has 1 aliphatic heterocycles. The molecule has 1 fully saturated rings. The number of nitrogens with one attached hydrogen (secondary N) is 1. The Hall–Kier alpha value is -3.73. The van der Waals surface area contributed by atoms with E-state index in [1.807, 2.05) is 18.2 Å². The zero-order valence-electron chi connectivity index (χ0n) is 16.8. The molecule has 8 heteroatoms. The number of hydrogen-bond acceptors (Lipinski definition) is 5. The summed E-state index contributed by atoms with van der Waals surface area (Å²) in [5, 5.41) is 11.8. The van der Waals surface area contributed by atoms with Crippen molar-refractivity contribution in [1.82, 2.24) is 9.80 Å². The van der Waals surface area contributed by atoms with Crippen molar-refractivity contribution in [2.45, 2.75) is 13.5 Å². The minimum atomic E-state index is -0.345. The van der Waals surface area contributed by atoms with E-state index < -0.39 is 0 Å². The van der Waals surface area contributed by atoms with E-state index >= 15 is 0 Å². The molecule has 156 valence electrons. The standard InChI is InChI=1S/C22H24N4O4/c1-2-29-22(28)26-11-9-25(10-12-26)21(27)24-19-7-4-8-20(14-19)30-16-18-6-3-5-17(13-18)15-23/h3-8,13-14H,2,9-12,16H2,1H3,(H,24,27). The first-order valence-electron chi connectivity index (χ1n) is 9.78. The third-order valence-corrected chi connectivity index (χ3v) is 4.64. The van der Waals surface area contributed by atoms with Gasteiger partial charge in [-0.2, -0.15) is 5.26 Å². The molecule has 1 N–H and O–H groups in total. The van der Waals surface area contributed by atoms with Crippen LogP contribution in [0.4, 0.5) is 15.3 Å². The lowest BCUT2D eigenvalue weighted by Crippen LogP contribution is -2.51. The first-order valence-corrected chi connectivity index (χ1v) is 9.78. The number of urea groups is 1. The van der Waals surface area contributed by atoms with Gasteiger partial charge in [-0.05, 0) is 36.8 Å². The van der Waals surface area contributed by atoms with Gasteiger partial charge in [0.05, 0.1) is 18.2 Å². The van der Waals surface area contributed by atoms with Crippen LogP contribution in [0.1, 0.15) is 18.1 Å². The largest absolute Gasteiger partial charge is 0.489 e. The number of nitrogens with zero attached hydrogens (tertiary/aromatic N) is 3. The van der Waals surface area contributed by atoms with Crippen molar-refractivity contribution >= 4 is 17.8 Å². The van der Waals surface area contributed by atoms with Crippen LogP contribution in [0.3, 0.4) is 0 Å². The van der Waals surface area contributed by atoms with Crippen LogP contribution in [0, 0.1) is 11.3 Å². The number of hydrogen-bond donors (Lipinski definition) is 1. The van der Waals surface area contributed by atoms with E-state index in [4.69, 9.17) is 14.7 Å². The zero-order valence-corrected chi connectivity index (χ0v) is 16.8. The van der Waals surface area contributed by atoms with Crippen LogP contribution >= 0.6 is 0 Å². The lowest BCUT2D eigenvalue weighted by molar-refractivity contribution is 0.0868. The monoisotopic (exact) mass is 408 g/mol. The predicted molar refractivity (Wildman–Crippen MR) is 111 cm³/mol. The molecule has 2 aromatic rings. The second kappa shape index (κ2) is 10.2. The summed E-state index contributed by atoms with van der Waals surface area (Å²) < 4.78 is 10.8. The van der Waals surface area contributed by atoms with Crippen LogP contribution in [0.2, 0.25) is 0 Å². The average molecular weight is 408 g/mol. The number of anilines is 1. The summed E-state index contributed by atoms with van der Waals surface area (Å²) in [4.78, 5) is 27.6. The van der Waals surface area contributed by atoms with Gasteiger partial charge in [0.1, 0.15) is 12.4 Å². The summed E-state index contributed by atoms with van der Waals surface area (Å²) in [5.74, 6) is 0.613. The molecule has 8 nitrogen and oxygen atoms in total. The maximum absolute atomic E-state index is 12.5. The van der Waals surface area contributed by atoms with Gasteiger partial charge in [-0.15, -0.1) is 0 Å². The van der Waals surface area contributed by atoms with Crippen molar-refractivity contribution in [3.63, 3.8) is 0 Å². The molecule has 0 saturated carbocycles. The van der Waals surface area contributed by atoms with Crippen LogP contribution in [0.5, 0.6) is 5.75 Å². The summed E-state index contributed by atoms with van der Waals surface area (Å²) in [6.45, 7) is 4.19. The lowest BCUT2D eigenvalue weighted by atomic mass is 10.1. The molecule has 1 saturated heterocycles. The van der Waals surface area contributed by atoms with Gasteiger partial charge in [-0.3, -0.25) is 0 Å². The van der Waals surface area contributed by atoms with Gasteiger partial charge in [0.25, 0.3) is 0 Å². The molecular formula is C22H24N4O4. The van der Waals surface area contributed by atoms with Gasteiger partial charge in [0.2, 0.25) is 0 Å². The first-order chi connectivity index (χ1) is 14.6. The SMILES string of the molecule is CCOC(=O)N1CCN(C(=O)Nc2cccc(OCc3cccc(C#N)c3)c2)CC1. The average Bonchev–Trinajstić information content (AvgIpc) is 2.78. The Labute approximate surface area is 175 Å². The number of carbonyl (C=O) groups excluding carboxylic acids is 2. The van der Waals surface area contributed by atoms with Gasteiger partial charge in [0, 0.05) is 37.9 Å². The molecule has 30 heavy (non-hydrogen) atoms. The van der Waals surface area contributed by atoms with Gasteiger partial charge < -0.3 is 24.6 Å². The highest BCUT2D eigenvalue weighted by atomic mass is 16.6. The number of piperazine rings is 1. The molecule has 0 spiro atoms. The van der Waals surface area contributed by atoms with Gasteiger partial charge in [0.15, 0.2) is 0 Å². The highest BCUT2D eigenvalue weighted by molar-refractivity contribution is 5.89. The van der Waals surface area contributed by atoms with Crippen molar-refractivity contribution in [3.05, 3.63) is 59.7 Å². The molecule has 0 aliphatic carbocycles. The van der Waals surface area contributed by atoms with Crippen LogP contribution in [0.15, 0.2) is 48.5 Å². The molecule has 2 aromatic carbocycles. The fourth-order valence-electron chi connectivity index (χ4n) is 3.07. The summed E-state index contributed by atoms with van der Waals surface area (Å²) in [5.41, 5.74) is 2.10. The van der Waals surface area contributed by atoms with Crippen LogP contribution in [-0.4, -0.2) is 54.7 Å². The quantitative estimate of drug-likeness (QED) is 0.818. The van der Waals surface area contributed by atoms with Crippen molar-refractivity contribution in [2.75, 3.05) is 38.1 Å². The van der Waals surface area contributed by atoms with Crippen LogP contribution in [-0.2, 0) is 11.3 Å². The molecule has 3 rings (SSSR count). The Morgan fingerprint density at radius 3 is 2.53 bits per heavy atom. The normalized spacial score (nSPS) is 13.3. The third-order valence-electron chi connectivity index (χ3n) is 4.64. The lowest BCUT2D eigenvalue weighted by Gasteiger charge is -2.34. The summed E-state index contributed by atoms with van der Waals surface area (Å²) in [6, 6.07) is 16.3. The van der Waals surface area contributed by atoms with Gasteiger partial charge >= 0.3 is 12.1 Å². The molecule has 1 aliphatic rings. The topological polar surface area (TPSA) is 94.9 Å². The number of benzene rings is 2. The minimum Gasteiger partial charge on any atom is -0.489 e. The second-order valence-corrected chi connectivity index (χ2v) is 6.73. The second-order valence-electron chi connectivity index (χ2n) is 6.73. The van der Waals surface area contributed by atoms with Crippen molar-refractivity contribution in [3.8, 4) is 11.8 Å². The smallest absolute Gasteiger partial charge is 0.409 e. The zero-order chi connectivity index (χ0) is 21.3. The Kier molecular flexibility index (Phi) is 7.11. The predicted octanol–water partition coefficient (Wildman–Crippen LogP) is 3.44. The highest BCUT2D eigenvalue weighted by Gasteiger charge is 2.24. The number of carbonyl (C=O) groups is 2. The Morgan fingerprint density at radius 2 is 1.80 bits per heavy atom. The number of ether oxygens (including phenoxy) is 2. The summed E-state index contributed by atoms with van der Waals surface area (Å²) in [7, 11) is 0. The number of amides is 3. The van der Waals surface area contributed by atoms with Crippen LogP contribution in [0.25, 0.3) is 0 Å². The van der Waals surface area contributed by atoms with Crippen LogP contribution < -0.4 is 10.1 Å². The van der Waals surface area contributed by atoms with E-state index in [2.05, 4.69) is 11.4 Å². The maximum Gasteiger partial charge on any atom is 0.409 e. The van der Waals surface area contributed by atoms with E-state index in [1.165, 1.54) is 0 Å². The first kappa shape index (κ1) is 21.0. The van der Waals surface area contributed by atoms with Crippen molar-refractivity contribution in [1.29, 1.82) is 5.26 Å². The van der Waals surface area contributed by atoms with E-state index in [1.54, 1.807) is 47.1 Å². The molecular weight excluding hydrogens is 384 g/mol. The summed E-state index contributed by atoms with van der Waals surface area (Å²) >= 11 is 0. The minimum absolute atomic E-state index is 0.225. The molecule has 0 atom stereocenters. The number of nitriles is 1. The van der Waals surface area contributed by atoms with E-state index in [0.717, 1.165) is 5.56 Å². The van der Waals surface area contributed by atoms with E-state index in [9.17, 15) is 9.59 Å². The van der Waals surface area contributed by atoms with Gasteiger partial charge in [-0.1, -0.05) is 18.2 Å².